The fourth-order valence-corrected chi connectivity index (χ4v) is 4.01. The molecule has 0 radical (unpaired) electrons. The van der Waals surface area contributed by atoms with Crippen molar-refractivity contribution in [1.29, 1.82) is 0 Å². The average Bonchev–Trinajstić information content (AvgIpc) is 2.89. The number of imidazole rings is 1. The SMILES string of the molecule is Nc1nc(SCCCP(=O)(O)O)nc2c1[nH]c(=O)n2Cc1ccccc1. The molecule has 26 heavy (non-hydrogen) atoms. The summed E-state index contributed by atoms with van der Waals surface area (Å²) >= 11 is 1.24. The van der Waals surface area contributed by atoms with E-state index in [4.69, 9.17) is 15.5 Å². The van der Waals surface area contributed by atoms with Gasteiger partial charge in [-0.15, -0.1) is 0 Å². The number of nitrogens with zero attached hydrogens (tertiary/aromatic N) is 3. The molecule has 0 fully saturated rings. The van der Waals surface area contributed by atoms with Gasteiger partial charge in [0.1, 0.15) is 5.52 Å². The summed E-state index contributed by atoms with van der Waals surface area (Å²) in [6, 6.07) is 9.50. The second kappa shape index (κ2) is 7.63. The summed E-state index contributed by atoms with van der Waals surface area (Å²) in [6.45, 7) is 0.346. The predicted molar refractivity (Wildman–Crippen MR) is 100 cm³/mol. The first-order chi connectivity index (χ1) is 12.3. The summed E-state index contributed by atoms with van der Waals surface area (Å²) in [7, 11) is -4.01. The van der Waals surface area contributed by atoms with Gasteiger partial charge in [-0.25, -0.2) is 14.8 Å². The molecule has 0 bridgehead atoms. The molecule has 0 unspecified atom stereocenters. The van der Waals surface area contributed by atoms with Gasteiger partial charge in [0, 0.05) is 5.75 Å². The van der Waals surface area contributed by atoms with Crippen molar-refractivity contribution in [1.82, 2.24) is 19.5 Å². The van der Waals surface area contributed by atoms with Crippen LogP contribution in [0.3, 0.4) is 0 Å². The molecule has 0 saturated heterocycles. The lowest BCUT2D eigenvalue weighted by Crippen LogP contribution is -2.17. The third kappa shape index (κ3) is 4.53. The molecule has 3 aromatic rings. The lowest BCUT2D eigenvalue weighted by Gasteiger charge is -2.06. The van der Waals surface area contributed by atoms with Crippen LogP contribution in [0, 0.1) is 0 Å². The fraction of sp³-hybridized carbons (Fsp3) is 0.267. The zero-order chi connectivity index (χ0) is 18.7. The fourth-order valence-electron chi connectivity index (χ4n) is 2.44. The van der Waals surface area contributed by atoms with E-state index in [2.05, 4.69) is 15.0 Å². The largest absolute Gasteiger partial charge is 0.382 e. The van der Waals surface area contributed by atoms with Crippen LogP contribution in [-0.2, 0) is 11.1 Å². The van der Waals surface area contributed by atoms with E-state index in [1.807, 2.05) is 30.3 Å². The minimum absolute atomic E-state index is 0.163. The smallest absolute Gasteiger partial charge is 0.328 e. The second-order valence-corrected chi connectivity index (χ2v) is 8.52. The molecule has 9 nitrogen and oxygen atoms in total. The molecule has 0 atom stereocenters. The maximum Gasteiger partial charge on any atom is 0.328 e. The zero-order valence-corrected chi connectivity index (χ0v) is 15.4. The van der Waals surface area contributed by atoms with Crippen molar-refractivity contribution in [3.8, 4) is 0 Å². The first kappa shape index (κ1) is 18.7. The number of rotatable bonds is 7. The van der Waals surface area contributed by atoms with Gasteiger partial charge < -0.3 is 20.5 Å². The highest BCUT2D eigenvalue weighted by molar-refractivity contribution is 7.99. The molecular weight excluding hydrogens is 377 g/mol. The number of benzene rings is 1. The van der Waals surface area contributed by atoms with Crippen molar-refractivity contribution >= 4 is 36.3 Å². The molecule has 3 rings (SSSR count). The van der Waals surface area contributed by atoms with Crippen LogP contribution >= 0.6 is 19.4 Å². The third-order valence-corrected chi connectivity index (χ3v) is 5.47. The van der Waals surface area contributed by atoms with Crippen LogP contribution in [0.25, 0.3) is 11.2 Å². The topological polar surface area (TPSA) is 147 Å². The number of anilines is 1. The number of hydrogen-bond acceptors (Lipinski definition) is 6. The number of nitrogens with two attached hydrogens (primary N) is 1. The van der Waals surface area contributed by atoms with Crippen molar-refractivity contribution in [3.05, 3.63) is 46.4 Å². The predicted octanol–water partition coefficient (Wildman–Crippen LogP) is 1.41. The van der Waals surface area contributed by atoms with Gasteiger partial charge in [0.25, 0.3) is 0 Å². The first-order valence-corrected chi connectivity index (χ1v) is 10.6. The molecule has 5 N–H and O–H groups in total. The van der Waals surface area contributed by atoms with Crippen LogP contribution in [0.1, 0.15) is 12.0 Å². The molecule has 2 heterocycles. The van der Waals surface area contributed by atoms with Crippen LogP contribution < -0.4 is 11.4 Å². The van der Waals surface area contributed by atoms with E-state index in [-0.39, 0.29) is 17.7 Å². The summed E-state index contributed by atoms with van der Waals surface area (Å²) < 4.78 is 12.4. The van der Waals surface area contributed by atoms with Gasteiger partial charge >= 0.3 is 13.3 Å². The first-order valence-electron chi connectivity index (χ1n) is 7.81. The Kier molecular flexibility index (Phi) is 5.47. The standard InChI is InChI=1S/C15H18N5O4PS/c16-12-11-13(19-14(18-12)26-8-4-7-25(22,23)24)20(15(21)17-11)9-10-5-2-1-3-6-10/h1-3,5-6H,4,7-9H2,(H,17,21)(H2,16,18,19)(H2,22,23,24). The number of aromatic nitrogens is 4. The van der Waals surface area contributed by atoms with E-state index < -0.39 is 7.60 Å². The van der Waals surface area contributed by atoms with Crippen molar-refractivity contribution in [3.63, 3.8) is 0 Å². The molecule has 0 amide bonds. The number of nitrogens with one attached hydrogen (secondary N) is 1. The Balaban J connectivity index is 1.85. The molecular formula is C15H18N5O4PS. The van der Waals surface area contributed by atoms with Gasteiger partial charge in [-0.1, -0.05) is 42.1 Å². The monoisotopic (exact) mass is 395 g/mol. The highest BCUT2D eigenvalue weighted by Gasteiger charge is 2.15. The van der Waals surface area contributed by atoms with Gasteiger partial charge in [0.15, 0.2) is 16.6 Å². The summed E-state index contributed by atoms with van der Waals surface area (Å²) in [5, 5.41) is 0.363. The van der Waals surface area contributed by atoms with Crippen molar-refractivity contribution in [2.45, 2.75) is 18.1 Å². The average molecular weight is 395 g/mol. The molecule has 0 saturated carbocycles. The van der Waals surface area contributed by atoms with E-state index in [0.29, 0.717) is 35.0 Å². The molecule has 0 aliphatic rings. The van der Waals surface area contributed by atoms with Gasteiger partial charge in [0.05, 0.1) is 12.7 Å². The quantitative estimate of drug-likeness (QED) is 0.203. The summed E-state index contributed by atoms with van der Waals surface area (Å²) in [5.41, 5.74) is 7.34. The van der Waals surface area contributed by atoms with E-state index in [0.717, 1.165) is 5.56 Å². The lowest BCUT2D eigenvalue weighted by atomic mass is 10.2. The Morgan fingerprint density at radius 2 is 1.96 bits per heavy atom. The van der Waals surface area contributed by atoms with Gasteiger partial charge in [0.2, 0.25) is 0 Å². The van der Waals surface area contributed by atoms with E-state index in [1.54, 1.807) is 0 Å². The van der Waals surface area contributed by atoms with Gasteiger partial charge in [-0.05, 0) is 12.0 Å². The lowest BCUT2D eigenvalue weighted by molar-refractivity contribution is 0.372. The van der Waals surface area contributed by atoms with Crippen LogP contribution in [0.2, 0.25) is 0 Å². The third-order valence-electron chi connectivity index (χ3n) is 3.64. The van der Waals surface area contributed by atoms with Crippen molar-refractivity contribution in [2.75, 3.05) is 17.6 Å². The van der Waals surface area contributed by atoms with E-state index in [1.165, 1.54) is 16.3 Å². The van der Waals surface area contributed by atoms with Gasteiger partial charge in [-0.3, -0.25) is 9.13 Å². The van der Waals surface area contributed by atoms with Gasteiger partial charge in [-0.2, -0.15) is 0 Å². The molecule has 1 aromatic carbocycles. The van der Waals surface area contributed by atoms with Crippen LogP contribution in [0.15, 0.2) is 40.3 Å². The van der Waals surface area contributed by atoms with Crippen LogP contribution in [-0.4, -0.2) is 41.2 Å². The highest BCUT2D eigenvalue weighted by atomic mass is 32.2. The Morgan fingerprint density at radius 1 is 1.23 bits per heavy atom. The minimum Gasteiger partial charge on any atom is -0.382 e. The zero-order valence-electron chi connectivity index (χ0n) is 13.7. The van der Waals surface area contributed by atoms with Crippen molar-refractivity contribution < 1.29 is 14.4 Å². The Bertz CT molecular complexity index is 1010. The number of fused-ring (bicyclic) bond motifs is 1. The second-order valence-electron chi connectivity index (χ2n) is 5.68. The molecule has 0 aliphatic heterocycles. The summed E-state index contributed by atoms with van der Waals surface area (Å²) in [4.78, 5) is 41.3. The molecule has 0 aliphatic carbocycles. The number of H-pyrrole nitrogens is 1. The number of nitrogen functional groups attached to an aromatic ring is 1. The number of aromatic amines is 1. The minimum atomic E-state index is -4.01. The Hall–Kier alpha value is -2.13. The molecule has 138 valence electrons. The Labute approximate surface area is 152 Å². The molecule has 0 spiro atoms. The highest BCUT2D eigenvalue weighted by Crippen LogP contribution is 2.35. The van der Waals surface area contributed by atoms with Crippen molar-refractivity contribution in [2.24, 2.45) is 0 Å². The molecule has 11 heteroatoms. The molecule has 2 aromatic heterocycles. The maximum atomic E-state index is 12.3. The van der Waals surface area contributed by atoms with Crippen LogP contribution in [0.5, 0.6) is 0 Å². The summed E-state index contributed by atoms with van der Waals surface area (Å²) in [6.07, 6.45) is 0.126. The summed E-state index contributed by atoms with van der Waals surface area (Å²) in [5.74, 6) is 0.597. The maximum absolute atomic E-state index is 12.3. The normalized spacial score (nSPS) is 11.9. The van der Waals surface area contributed by atoms with E-state index >= 15 is 0 Å². The van der Waals surface area contributed by atoms with Crippen LogP contribution in [0.4, 0.5) is 5.82 Å². The Morgan fingerprint density at radius 3 is 2.65 bits per heavy atom. The number of thioether (sulfide) groups is 1. The number of hydrogen-bond donors (Lipinski definition) is 4. The van der Waals surface area contributed by atoms with E-state index in [9.17, 15) is 9.36 Å².